The van der Waals surface area contributed by atoms with Crippen molar-refractivity contribution in [2.45, 2.75) is 0 Å². The zero-order valence-electron chi connectivity index (χ0n) is 10.9. The zero-order chi connectivity index (χ0) is 15.6. The molecule has 0 atom stereocenters. The van der Waals surface area contributed by atoms with E-state index in [2.05, 4.69) is 5.32 Å². The lowest BCUT2D eigenvalue weighted by Gasteiger charge is -2.09. The minimum atomic E-state index is -1.60. The molecule has 0 bridgehead atoms. The number of nitrogen functional groups attached to an aromatic ring is 1. The lowest BCUT2D eigenvalue weighted by atomic mass is 10.1. The number of nitrogens with one attached hydrogen (secondary N) is 1. The predicted molar refractivity (Wildman–Crippen MR) is 71.7 cm³/mol. The molecule has 4 nitrogen and oxygen atoms in total. The van der Waals surface area contributed by atoms with E-state index >= 15 is 0 Å². The van der Waals surface area contributed by atoms with Crippen LogP contribution in [0.2, 0.25) is 0 Å². The molecule has 0 aliphatic heterocycles. The van der Waals surface area contributed by atoms with Gasteiger partial charge < -0.3 is 15.8 Å². The minimum absolute atomic E-state index is 0.0981. The first-order valence-electron chi connectivity index (χ1n) is 5.81. The van der Waals surface area contributed by atoms with Gasteiger partial charge in [-0.3, -0.25) is 4.79 Å². The van der Waals surface area contributed by atoms with Gasteiger partial charge in [-0.15, -0.1) is 0 Å². The Labute approximate surface area is 118 Å². The van der Waals surface area contributed by atoms with Crippen LogP contribution in [0.4, 0.5) is 24.5 Å². The molecule has 7 heteroatoms. The molecule has 2 rings (SSSR count). The van der Waals surface area contributed by atoms with Gasteiger partial charge in [0.05, 0.1) is 12.7 Å². The van der Waals surface area contributed by atoms with Crippen LogP contribution in [0.3, 0.4) is 0 Å². The van der Waals surface area contributed by atoms with Gasteiger partial charge in [0.2, 0.25) is 0 Å². The first-order valence-corrected chi connectivity index (χ1v) is 5.81. The molecular weight excluding hydrogens is 285 g/mol. The van der Waals surface area contributed by atoms with Gasteiger partial charge >= 0.3 is 0 Å². The lowest BCUT2D eigenvalue weighted by molar-refractivity contribution is 0.102. The number of carbonyl (C=O) groups excluding carboxylic acids is 1. The van der Waals surface area contributed by atoms with Crippen molar-refractivity contribution in [3.63, 3.8) is 0 Å². The van der Waals surface area contributed by atoms with E-state index in [4.69, 9.17) is 10.5 Å². The standard InChI is InChI=1S/C14H11F3N2O2/c1-21-8-2-3-9(12(18)6-8)14(20)19-7-4-10(15)13(17)11(16)5-7/h2-6H,18H2,1H3,(H,19,20). The highest BCUT2D eigenvalue weighted by Gasteiger charge is 2.15. The van der Waals surface area contributed by atoms with Crippen molar-refractivity contribution in [1.82, 2.24) is 0 Å². The summed E-state index contributed by atoms with van der Waals surface area (Å²) < 4.78 is 43.9. The summed E-state index contributed by atoms with van der Waals surface area (Å²) in [5.74, 6) is -4.61. The number of methoxy groups -OCH3 is 1. The van der Waals surface area contributed by atoms with E-state index in [9.17, 15) is 18.0 Å². The van der Waals surface area contributed by atoms with Crippen LogP contribution >= 0.6 is 0 Å². The zero-order valence-corrected chi connectivity index (χ0v) is 10.9. The third kappa shape index (κ3) is 3.07. The summed E-state index contributed by atoms with van der Waals surface area (Å²) in [6, 6.07) is 5.70. The number of halogens is 3. The highest BCUT2D eigenvalue weighted by atomic mass is 19.2. The van der Waals surface area contributed by atoms with Crippen LogP contribution in [0.15, 0.2) is 30.3 Å². The molecule has 2 aromatic rings. The minimum Gasteiger partial charge on any atom is -0.497 e. The number of anilines is 2. The molecule has 110 valence electrons. The van der Waals surface area contributed by atoms with Gasteiger partial charge in [0.15, 0.2) is 17.5 Å². The fourth-order valence-electron chi connectivity index (χ4n) is 1.70. The normalized spacial score (nSPS) is 10.3. The number of hydrogen-bond donors (Lipinski definition) is 2. The SMILES string of the molecule is COc1ccc(C(=O)Nc2cc(F)c(F)c(F)c2)c(N)c1. The number of nitrogens with two attached hydrogens (primary N) is 1. The molecule has 0 aliphatic rings. The summed E-state index contributed by atoms with van der Waals surface area (Å²) in [5, 5.41) is 2.24. The Kier molecular flexibility index (Phi) is 4.02. The van der Waals surface area contributed by atoms with Crippen LogP contribution in [-0.2, 0) is 0 Å². The number of hydrogen-bond acceptors (Lipinski definition) is 3. The van der Waals surface area contributed by atoms with E-state index in [0.717, 1.165) is 0 Å². The van der Waals surface area contributed by atoms with Crippen LogP contribution in [0.25, 0.3) is 0 Å². The smallest absolute Gasteiger partial charge is 0.257 e. The number of amides is 1. The Morgan fingerprint density at radius 3 is 2.29 bits per heavy atom. The largest absolute Gasteiger partial charge is 0.497 e. The second-order valence-corrected chi connectivity index (χ2v) is 4.16. The van der Waals surface area contributed by atoms with Crippen LogP contribution in [0.5, 0.6) is 5.75 Å². The van der Waals surface area contributed by atoms with E-state index in [0.29, 0.717) is 17.9 Å². The molecule has 0 radical (unpaired) electrons. The van der Waals surface area contributed by atoms with E-state index < -0.39 is 23.4 Å². The average molecular weight is 296 g/mol. The Morgan fingerprint density at radius 2 is 1.76 bits per heavy atom. The van der Waals surface area contributed by atoms with Gasteiger partial charge in [0, 0.05) is 29.6 Å². The van der Waals surface area contributed by atoms with E-state index in [1.165, 1.54) is 25.3 Å². The molecule has 0 fully saturated rings. The number of benzene rings is 2. The van der Waals surface area contributed by atoms with Crippen molar-refractivity contribution in [2.75, 3.05) is 18.2 Å². The molecule has 21 heavy (non-hydrogen) atoms. The van der Waals surface area contributed by atoms with Gasteiger partial charge in [-0.2, -0.15) is 0 Å². The first-order chi connectivity index (χ1) is 9.92. The highest BCUT2D eigenvalue weighted by molar-refractivity contribution is 6.07. The van der Waals surface area contributed by atoms with Gasteiger partial charge in [-0.25, -0.2) is 13.2 Å². The van der Waals surface area contributed by atoms with E-state index in [1.807, 2.05) is 0 Å². The predicted octanol–water partition coefficient (Wildman–Crippen LogP) is 2.95. The lowest BCUT2D eigenvalue weighted by Crippen LogP contribution is -2.14. The maximum absolute atomic E-state index is 13.1. The quantitative estimate of drug-likeness (QED) is 0.676. The Balaban J connectivity index is 2.26. The molecule has 0 aromatic heterocycles. The molecule has 3 N–H and O–H groups in total. The van der Waals surface area contributed by atoms with Crippen molar-refractivity contribution in [1.29, 1.82) is 0 Å². The van der Waals surface area contributed by atoms with Gasteiger partial charge in [0.25, 0.3) is 5.91 Å². The topological polar surface area (TPSA) is 64.3 Å². The molecule has 0 aliphatic carbocycles. The third-order valence-corrected chi connectivity index (χ3v) is 2.75. The molecular formula is C14H11F3N2O2. The Bertz CT molecular complexity index is 682. The van der Waals surface area contributed by atoms with Crippen molar-refractivity contribution in [3.8, 4) is 5.75 Å². The highest BCUT2D eigenvalue weighted by Crippen LogP contribution is 2.22. The number of ether oxygens (including phenoxy) is 1. The first kappa shape index (κ1) is 14.7. The summed E-state index contributed by atoms with van der Waals surface area (Å²) in [6.07, 6.45) is 0. The maximum Gasteiger partial charge on any atom is 0.257 e. The van der Waals surface area contributed by atoms with Crippen LogP contribution in [-0.4, -0.2) is 13.0 Å². The van der Waals surface area contributed by atoms with Gasteiger partial charge in [-0.1, -0.05) is 0 Å². The Hall–Kier alpha value is -2.70. The van der Waals surface area contributed by atoms with Crippen LogP contribution < -0.4 is 15.8 Å². The summed E-state index contributed by atoms with van der Waals surface area (Å²) in [6.45, 7) is 0. The fraction of sp³-hybridized carbons (Fsp3) is 0.0714. The fourth-order valence-corrected chi connectivity index (χ4v) is 1.70. The van der Waals surface area contributed by atoms with Gasteiger partial charge in [0.1, 0.15) is 5.75 Å². The van der Waals surface area contributed by atoms with Crippen molar-refractivity contribution in [2.24, 2.45) is 0 Å². The molecule has 1 amide bonds. The molecule has 0 unspecified atom stereocenters. The monoisotopic (exact) mass is 296 g/mol. The molecule has 0 saturated carbocycles. The van der Waals surface area contributed by atoms with Gasteiger partial charge in [-0.05, 0) is 12.1 Å². The molecule has 0 saturated heterocycles. The maximum atomic E-state index is 13.1. The van der Waals surface area contributed by atoms with Crippen molar-refractivity contribution >= 4 is 17.3 Å². The summed E-state index contributed by atoms with van der Waals surface area (Å²) >= 11 is 0. The summed E-state index contributed by atoms with van der Waals surface area (Å²) in [7, 11) is 1.44. The van der Waals surface area contributed by atoms with E-state index in [-0.39, 0.29) is 16.9 Å². The van der Waals surface area contributed by atoms with Crippen molar-refractivity contribution < 1.29 is 22.7 Å². The second-order valence-electron chi connectivity index (χ2n) is 4.16. The average Bonchev–Trinajstić information content (AvgIpc) is 2.44. The van der Waals surface area contributed by atoms with Crippen LogP contribution in [0, 0.1) is 17.5 Å². The van der Waals surface area contributed by atoms with Crippen LogP contribution in [0.1, 0.15) is 10.4 Å². The molecule has 0 spiro atoms. The third-order valence-electron chi connectivity index (χ3n) is 2.75. The summed E-state index contributed by atoms with van der Waals surface area (Å²) in [4.78, 5) is 12.0. The summed E-state index contributed by atoms with van der Waals surface area (Å²) in [5.41, 5.74) is 5.70. The molecule has 2 aromatic carbocycles. The van der Waals surface area contributed by atoms with E-state index in [1.54, 1.807) is 0 Å². The second kappa shape index (κ2) is 5.74. The van der Waals surface area contributed by atoms with Crippen molar-refractivity contribution in [3.05, 3.63) is 53.3 Å². The molecule has 0 heterocycles. The number of rotatable bonds is 3. The Morgan fingerprint density at radius 1 is 1.14 bits per heavy atom. The number of carbonyl (C=O) groups is 1.